The van der Waals surface area contributed by atoms with Gasteiger partial charge < -0.3 is 5.32 Å². The third kappa shape index (κ3) is 3.67. The molecule has 6 heteroatoms. The fourth-order valence-corrected chi connectivity index (χ4v) is 6.56. The maximum Gasteiger partial charge on any atom is 0.243 e. The summed E-state index contributed by atoms with van der Waals surface area (Å²) in [6.45, 7) is 1.20. The van der Waals surface area contributed by atoms with Crippen LogP contribution in [-0.4, -0.2) is 31.7 Å². The summed E-state index contributed by atoms with van der Waals surface area (Å²) in [4.78, 5) is 12.6. The van der Waals surface area contributed by atoms with Crippen molar-refractivity contribution < 1.29 is 13.2 Å². The molecule has 4 rings (SSSR count). The van der Waals surface area contributed by atoms with Crippen LogP contribution in [-0.2, 0) is 14.8 Å². The van der Waals surface area contributed by atoms with Crippen LogP contribution in [0.4, 0.5) is 5.69 Å². The van der Waals surface area contributed by atoms with E-state index in [1.165, 1.54) is 25.7 Å². The van der Waals surface area contributed by atoms with Gasteiger partial charge >= 0.3 is 0 Å². The molecule has 2 aliphatic carbocycles. The molecule has 3 unspecified atom stereocenters. The van der Waals surface area contributed by atoms with E-state index in [-0.39, 0.29) is 5.91 Å². The molecule has 5 nitrogen and oxygen atoms in total. The van der Waals surface area contributed by atoms with Crippen LogP contribution in [0.2, 0.25) is 0 Å². The lowest BCUT2D eigenvalue weighted by Gasteiger charge is -2.26. The quantitative estimate of drug-likeness (QED) is 0.853. The first-order valence-corrected chi connectivity index (χ1v) is 11.4. The van der Waals surface area contributed by atoms with Crippen molar-refractivity contribution in [1.29, 1.82) is 0 Å². The van der Waals surface area contributed by atoms with Crippen LogP contribution in [0.5, 0.6) is 0 Å². The van der Waals surface area contributed by atoms with Crippen molar-refractivity contribution in [2.75, 3.05) is 18.4 Å². The number of hydrogen-bond donors (Lipinski definition) is 1. The highest BCUT2D eigenvalue weighted by Gasteiger charge is 2.40. The Morgan fingerprint density at radius 1 is 1.04 bits per heavy atom. The number of carbonyl (C=O) groups excluding carboxylic acids is 1. The Bertz CT molecular complexity index is 754. The van der Waals surface area contributed by atoms with Crippen LogP contribution in [0.25, 0.3) is 0 Å². The van der Waals surface area contributed by atoms with Gasteiger partial charge in [0.25, 0.3) is 0 Å². The lowest BCUT2D eigenvalue weighted by atomic mass is 9.86. The van der Waals surface area contributed by atoms with Gasteiger partial charge in [-0.1, -0.05) is 12.8 Å². The fraction of sp³-hybridized carbons (Fsp3) is 0.650. The van der Waals surface area contributed by atoms with E-state index >= 15 is 0 Å². The zero-order chi connectivity index (χ0) is 18.1. The van der Waals surface area contributed by atoms with Crippen LogP contribution >= 0.6 is 0 Å². The number of amides is 1. The van der Waals surface area contributed by atoms with Crippen molar-refractivity contribution in [2.24, 2.45) is 17.8 Å². The Labute approximate surface area is 156 Å². The number of benzene rings is 1. The molecule has 3 aliphatic rings. The van der Waals surface area contributed by atoms with Gasteiger partial charge in [0.05, 0.1) is 4.90 Å². The van der Waals surface area contributed by atoms with Gasteiger partial charge in [-0.05, 0) is 74.1 Å². The third-order valence-corrected chi connectivity index (χ3v) is 8.34. The minimum absolute atomic E-state index is 0.0502. The van der Waals surface area contributed by atoms with Crippen molar-refractivity contribution in [3.63, 3.8) is 0 Å². The summed E-state index contributed by atoms with van der Waals surface area (Å²) < 4.78 is 26.9. The summed E-state index contributed by atoms with van der Waals surface area (Å²) in [5.74, 6) is 2.17. The molecule has 0 radical (unpaired) electrons. The molecule has 1 saturated heterocycles. The summed E-state index contributed by atoms with van der Waals surface area (Å²) in [5, 5.41) is 2.94. The molecule has 3 fully saturated rings. The number of hydrogen-bond acceptors (Lipinski definition) is 3. The lowest BCUT2D eigenvalue weighted by molar-refractivity contribution is -0.117. The summed E-state index contributed by atoms with van der Waals surface area (Å²) in [5.41, 5.74) is 0.677. The molecular weight excluding hydrogens is 348 g/mol. The molecule has 1 amide bonds. The molecule has 1 aromatic carbocycles. The smallest absolute Gasteiger partial charge is 0.243 e. The number of nitrogens with one attached hydrogen (secondary N) is 1. The number of sulfonamides is 1. The fourth-order valence-electron chi connectivity index (χ4n) is 5.04. The number of rotatable bonds is 5. The average molecular weight is 377 g/mol. The van der Waals surface area contributed by atoms with E-state index in [9.17, 15) is 13.2 Å². The first-order chi connectivity index (χ1) is 12.5. The number of carbonyl (C=O) groups is 1. The van der Waals surface area contributed by atoms with E-state index in [1.807, 2.05) is 0 Å². The van der Waals surface area contributed by atoms with E-state index < -0.39 is 10.0 Å². The lowest BCUT2D eigenvalue weighted by Crippen LogP contribution is -2.35. The third-order valence-electron chi connectivity index (χ3n) is 6.42. The highest BCUT2D eigenvalue weighted by atomic mass is 32.2. The van der Waals surface area contributed by atoms with Crippen molar-refractivity contribution in [2.45, 2.75) is 56.3 Å². The maximum absolute atomic E-state index is 12.7. The Hall–Kier alpha value is -1.40. The summed E-state index contributed by atoms with van der Waals surface area (Å²) >= 11 is 0. The number of piperidine rings is 1. The van der Waals surface area contributed by atoms with Gasteiger partial charge in [0.15, 0.2) is 0 Å². The Morgan fingerprint density at radius 3 is 2.38 bits per heavy atom. The van der Waals surface area contributed by atoms with Crippen molar-refractivity contribution >= 4 is 21.6 Å². The second-order valence-electron chi connectivity index (χ2n) is 8.18. The highest BCUT2D eigenvalue weighted by Crippen LogP contribution is 2.49. The van der Waals surface area contributed by atoms with Gasteiger partial charge in [0.1, 0.15) is 0 Å². The predicted molar refractivity (Wildman–Crippen MR) is 101 cm³/mol. The molecule has 26 heavy (non-hydrogen) atoms. The minimum atomic E-state index is -3.41. The molecule has 1 heterocycles. The normalized spacial score (nSPS) is 29.0. The molecule has 142 valence electrons. The van der Waals surface area contributed by atoms with Crippen molar-refractivity contribution in [1.82, 2.24) is 4.31 Å². The minimum Gasteiger partial charge on any atom is -0.326 e. The van der Waals surface area contributed by atoms with Crippen molar-refractivity contribution in [3.8, 4) is 0 Å². The Morgan fingerprint density at radius 2 is 1.77 bits per heavy atom. The van der Waals surface area contributed by atoms with Crippen LogP contribution in [0, 0.1) is 17.8 Å². The number of nitrogens with zero attached hydrogens (tertiary/aromatic N) is 1. The molecular formula is C20H28N2O3S. The number of anilines is 1. The van der Waals surface area contributed by atoms with Crippen LogP contribution in [0.3, 0.4) is 0 Å². The van der Waals surface area contributed by atoms with E-state index in [4.69, 9.17) is 0 Å². The average Bonchev–Trinajstić information content (AvgIpc) is 3.26. The summed E-state index contributed by atoms with van der Waals surface area (Å²) in [6, 6.07) is 6.62. The molecule has 0 spiro atoms. The monoisotopic (exact) mass is 376 g/mol. The van der Waals surface area contributed by atoms with E-state index in [1.54, 1.807) is 28.6 Å². The topological polar surface area (TPSA) is 66.5 Å². The number of fused-ring (bicyclic) bond motifs is 2. The summed E-state index contributed by atoms with van der Waals surface area (Å²) in [6.07, 6.45) is 8.68. The van der Waals surface area contributed by atoms with Crippen molar-refractivity contribution in [3.05, 3.63) is 24.3 Å². The molecule has 1 aliphatic heterocycles. The van der Waals surface area contributed by atoms with E-state index in [0.29, 0.717) is 36.0 Å². The largest absolute Gasteiger partial charge is 0.326 e. The van der Waals surface area contributed by atoms with E-state index in [0.717, 1.165) is 31.1 Å². The molecule has 3 atom stereocenters. The van der Waals surface area contributed by atoms with Gasteiger partial charge in [-0.3, -0.25) is 4.79 Å². The molecule has 2 saturated carbocycles. The standard InChI is InChI=1S/C20H28N2O3S/c23-20(14-17-13-15-4-5-16(17)12-15)21-18-6-8-19(9-7-18)26(24,25)22-10-2-1-3-11-22/h6-9,15-17H,1-5,10-14H2,(H,21,23). The van der Waals surface area contributed by atoms with Gasteiger partial charge in [-0.25, -0.2) is 8.42 Å². The first kappa shape index (κ1) is 18.0. The SMILES string of the molecule is O=C(CC1CC2CCC1C2)Nc1ccc(S(=O)(=O)N2CCCCC2)cc1. The van der Waals surface area contributed by atoms with Crippen LogP contribution in [0.1, 0.15) is 51.4 Å². The molecule has 1 N–H and O–H groups in total. The highest BCUT2D eigenvalue weighted by molar-refractivity contribution is 7.89. The molecule has 0 aromatic heterocycles. The van der Waals surface area contributed by atoms with Gasteiger partial charge in [-0.2, -0.15) is 4.31 Å². The maximum atomic E-state index is 12.7. The molecule has 1 aromatic rings. The Balaban J connectivity index is 1.36. The zero-order valence-corrected chi connectivity index (χ0v) is 16.0. The van der Waals surface area contributed by atoms with Crippen LogP contribution < -0.4 is 5.32 Å². The zero-order valence-electron chi connectivity index (χ0n) is 15.2. The second kappa shape index (κ2) is 7.31. The van der Waals surface area contributed by atoms with E-state index in [2.05, 4.69) is 5.32 Å². The van der Waals surface area contributed by atoms with Gasteiger partial charge in [0.2, 0.25) is 15.9 Å². The second-order valence-corrected chi connectivity index (χ2v) is 10.1. The van der Waals surface area contributed by atoms with Gasteiger partial charge in [0, 0.05) is 25.2 Å². The molecule has 2 bridgehead atoms. The first-order valence-electron chi connectivity index (χ1n) is 9.92. The summed E-state index contributed by atoms with van der Waals surface area (Å²) in [7, 11) is -3.41. The van der Waals surface area contributed by atoms with Crippen LogP contribution in [0.15, 0.2) is 29.2 Å². The Kier molecular flexibility index (Phi) is 5.06. The van der Waals surface area contributed by atoms with Gasteiger partial charge in [-0.15, -0.1) is 0 Å². The predicted octanol–water partition coefficient (Wildman–Crippen LogP) is 3.63.